The van der Waals surface area contributed by atoms with E-state index in [9.17, 15) is 4.79 Å². The van der Waals surface area contributed by atoms with Gasteiger partial charge in [0.25, 0.3) is 5.91 Å². The number of methoxy groups -OCH3 is 1. The zero-order chi connectivity index (χ0) is 18.1. The van der Waals surface area contributed by atoms with Gasteiger partial charge in [0.15, 0.2) is 0 Å². The number of rotatable bonds is 6. The van der Waals surface area contributed by atoms with E-state index in [4.69, 9.17) is 4.74 Å². The minimum Gasteiger partial charge on any atom is -0.497 e. The van der Waals surface area contributed by atoms with Crippen LogP contribution in [-0.4, -0.2) is 28.0 Å². The largest absolute Gasteiger partial charge is 0.497 e. The SMILES string of the molecule is CCn1nnc2cc(C(=O)NC(c3ccc(OC)cc3)C3CC3)ccc21. The first-order chi connectivity index (χ1) is 12.7. The molecule has 0 bridgehead atoms. The molecule has 1 aliphatic carbocycles. The van der Waals surface area contributed by atoms with E-state index in [1.165, 1.54) is 0 Å². The van der Waals surface area contributed by atoms with E-state index in [2.05, 4.69) is 15.6 Å². The standard InChI is InChI=1S/C20H22N4O2/c1-3-24-18-11-8-15(12-17(18)22-23-24)20(25)21-19(13-4-5-13)14-6-9-16(26-2)10-7-14/h6-13,19H,3-5H2,1-2H3,(H,21,25). The van der Waals surface area contributed by atoms with E-state index in [1.54, 1.807) is 7.11 Å². The normalized spacial score (nSPS) is 15.0. The van der Waals surface area contributed by atoms with Gasteiger partial charge in [-0.3, -0.25) is 4.79 Å². The van der Waals surface area contributed by atoms with Crippen LogP contribution in [0.15, 0.2) is 42.5 Å². The van der Waals surface area contributed by atoms with Crippen LogP contribution >= 0.6 is 0 Å². The number of ether oxygens (including phenoxy) is 1. The maximum atomic E-state index is 12.8. The molecule has 134 valence electrons. The highest BCUT2D eigenvalue weighted by Crippen LogP contribution is 2.41. The Kier molecular flexibility index (Phi) is 4.32. The monoisotopic (exact) mass is 350 g/mol. The summed E-state index contributed by atoms with van der Waals surface area (Å²) >= 11 is 0. The van der Waals surface area contributed by atoms with E-state index in [-0.39, 0.29) is 11.9 Å². The molecule has 1 amide bonds. The molecule has 1 heterocycles. The fourth-order valence-corrected chi connectivity index (χ4v) is 3.29. The van der Waals surface area contributed by atoms with Gasteiger partial charge in [-0.05, 0) is 61.6 Å². The number of aryl methyl sites for hydroxylation is 1. The summed E-state index contributed by atoms with van der Waals surface area (Å²) in [6.45, 7) is 2.77. The van der Waals surface area contributed by atoms with Crippen LogP contribution in [-0.2, 0) is 6.54 Å². The molecular weight excluding hydrogens is 328 g/mol. The third kappa shape index (κ3) is 3.14. The lowest BCUT2D eigenvalue weighted by molar-refractivity contribution is 0.0932. The predicted molar refractivity (Wildman–Crippen MR) is 99.1 cm³/mol. The fourth-order valence-electron chi connectivity index (χ4n) is 3.29. The topological polar surface area (TPSA) is 69.0 Å². The van der Waals surface area contributed by atoms with Gasteiger partial charge in [-0.2, -0.15) is 0 Å². The van der Waals surface area contributed by atoms with Gasteiger partial charge in [-0.25, -0.2) is 4.68 Å². The molecule has 1 fully saturated rings. The molecule has 1 saturated carbocycles. The van der Waals surface area contributed by atoms with E-state index < -0.39 is 0 Å². The molecule has 1 aliphatic rings. The van der Waals surface area contributed by atoms with Crippen LogP contribution < -0.4 is 10.1 Å². The Bertz CT molecular complexity index is 929. The highest BCUT2D eigenvalue weighted by Gasteiger charge is 2.33. The lowest BCUT2D eigenvalue weighted by Crippen LogP contribution is -2.29. The van der Waals surface area contributed by atoms with Crippen LogP contribution in [0.25, 0.3) is 11.0 Å². The number of nitrogens with zero attached hydrogens (tertiary/aromatic N) is 3. The lowest BCUT2D eigenvalue weighted by Gasteiger charge is -2.19. The van der Waals surface area contributed by atoms with Crippen molar-refractivity contribution in [3.8, 4) is 5.75 Å². The lowest BCUT2D eigenvalue weighted by atomic mass is 10.0. The van der Waals surface area contributed by atoms with Crippen molar-refractivity contribution < 1.29 is 9.53 Å². The number of hydrogen-bond donors (Lipinski definition) is 1. The predicted octanol–water partition coefficient (Wildman–Crippen LogP) is 3.34. The second-order valence-electron chi connectivity index (χ2n) is 6.67. The summed E-state index contributed by atoms with van der Waals surface area (Å²) < 4.78 is 7.05. The average Bonchev–Trinajstić information content (AvgIpc) is 3.44. The van der Waals surface area contributed by atoms with Crippen LogP contribution in [0.5, 0.6) is 5.75 Å². The van der Waals surface area contributed by atoms with Crippen LogP contribution in [0.1, 0.15) is 41.7 Å². The Morgan fingerprint density at radius 3 is 2.69 bits per heavy atom. The third-order valence-corrected chi connectivity index (χ3v) is 4.93. The van der Waals surface area contributed by atoms with Crippen molar-refractivity contribution in [1.82, 2.24) is 20.3 Å². The van der Waals surface area contributed by atoms with Crippen molar-refractivity contribution >= 4 is 16.9 Å². The van der Waals surface area contributed by atoms with Crippen molar-refractivity contribution in [2.75, 3.05) is 7.11 Å². The number of carbonyl (C=O) groups excluding carboxylic acids is 1. The van der Waals surface area contributed by atoms with Crippen LogP contribution in [0.2, 0.25) is 0 Å². The first-order valence-electron chi connectivity index (χ1n) is 8.97. The molecule has 1 N–H and O–H groups in total. The Morgan fingerprint density at radius 2 is 2.04 bits per heavy atom. The van der Waals surface area contributed by atoms with Gasteiger partial charge in [0, 0.05) is 12.1 Å². The summed E-state index contributed by atoms with van der Waals surface area (Å²) in [5.41, 5.74) is 3.41. The second-order valence-corrected chi connectivity index (χ2v) is 6.67. The number of fused-ring (bicyclic) bond motifs is 1. The minimum atomic E-state index is -0.0781. The van der Waals surface area contributed by atoms with Gasteiger partial charge in [0.1, 0.15) is 11.3 Å². The molecule has 4 rings (SSSR count). The van der Waals surface area contributed by atoms with Gasteiger partial charge in [0.2, 0.25) is 0 Å². The minimum absolute atomic E-state index is 0.0235. The highest BCUT2D eigenvalue weighted by atomic mass is 16.5. The molecule has 2 aromatic carbocycles. The van der Waals surface area contributed by atoms with Crippen molar-refractivity contribution in [3.63, 3.8) is 0 Å². The average molecular weight is 350 g/mol. The number of benzene rings is 2. The third-order valence-electron chi connectivity index (χ3n) is 4.93. The molecule has 0 radical (unpaired) electrons. The molecule has 6 nitrogen and oxygen atoms in total. The van der Waals surface area contributed by atoms with E-state index in [0.29, 0.717) is 11.5 Å². The quantitative estimate of drug-likeness (QED) is 0.740. The molecule has 0 spiro atoms. The van der Waals surface area contributed by atoms with E-state index >= 15 is 0 Å². The number of aromatic nitrogens is 3. The van der Waals surface area contributed by atoms with Crippen LogP contribution in [0, 0.1) is 5.92 Å². The summed E-state index contributed by atoms with van der Waals surface area (Å²) in [5.74, 6) is 1.24. The molecule has 3 aromatic rings. The molecule has 0 aliphatic heterocycles. The summed E-state index contributed by atoms with van der Waals surface area (Å²) in [6, 6.07) is 13.5. The number of carbonyl (C=O) groups is 1. The number of hydrogen-bond acceptors (Lipinski definition) is 4. The van der Waals surface area contributed by atoms with Gasteiger partial charge < -0.3 is 10.1 Å². The number of nitrogens with one attached hydrogen (secondary N) is 1. The Balaban J connectivity index is 1.56. The summed E-state index contributed by atoms with van der Waals surface area (Å²) in [4.78, 5) is 12.8. The van der Waals surface area contributed by atoms with Gasteiger partial charge in [0.05, 0.1) is 18.7 Å². The molecule has 26 heavy (non-hydrogen) atoms. The fraction of sp³-hybridized carbons (Fsp3) is 0.350. The zero-order valence-corrected chi connectivity index (χ0v) is 15.0. The Labute approximate surface area is 152 Å². The molecular formula is C20H22N4O2. The van der Waals surface area contributed by atoms with Gasteiger partial charge in [-0.1, -0.05) is 17.3 Å². The summed E-state index contributed by atoms with van der Waals surface area (Å²) in [7, 11) is 1.65. The van der Waals surface area contributed by atoms with E-state index in [0.717, 1.165) is 41.7 Å². The van der Waals surface area contributed by atoms with Crippen LogP contribution in [0.4, 0.5) is 0 Å². The molecule has 1 unspecified atom stereocenters. The summed E-state index contributed by atoms with van der Waals surface area (Å²) in [5, 5.41) is 11.5. The zero-order valence-electron chi connectivity index (χ0n) is 15.0. The Morgan fingerprint density at radius 1 is 1.27 bits per heavy atom. The highest BCUT2D eigenvalue weighted by molar-refractivity contribution is 5.97. The van der Waals surface area contributed by atoms with Crippen molar-refractivity contribution in [3.05, 3.63) is 53.6 Å². The van der Waals surface area contributed by atoms with Crippen LogP contribution in [0.3, 0.4) is 0 Å². The van der Waals surface area contributed by atoms with Crippen molar-refractivity contribution in [2.45, 2.75) is 32.4 Å². The maximum absolute atomic E-state index is 12.8. The Hall–Kier alpha value is -2.89. The number of amides is 1. The smallest absolute Gasteiger partial charge is 0.251 e. The molecule has 6 heteroatoms. The van der Waals surface area contributed by atoms with Crippen molar-refractivity contribution in [1.29, 1.82) is 0 Å². The maximum Gasteiger partial charge on any atom is 0.251 e. The van der Waals surface area contributed by atoms with Gasteiger partial charge in [-0.15, -0.1) is 5.10 Å². The molecule has 0 saturated heterocycles. The first-order valence-corrected chi connectivity index (χ1v) is 8.97. The van der Waals surface area contributed by atoms with E-state index in [1.807, 2.05) is 54.1 Å². The van der Waals surface area contributed by atoms with Gasteiger partial charge >= 0.3 is 0 Å². The second kappa shape index (κ2) is 6.78. The molecule has 1 atom stereocenters. The first kappa shape index (κ1) is 16.6. The molecule has 1 aromatic heterocycles. The van der Waals surface area contributed by atoms with Crippen molar-refractivity contribution in [2.24, 2.45) is 5.92 Å². The summed E-state index contributed by atoms with van der Waals surface area (Å²) in [6.07, 6.45) is 2.28.